The Bertz CT molecular complexity index is 1660. The molecule has 12 heteroatoms. The molecular weight excluding hydrogens is 644 g/mol. The number of esters is 2. The van der Waals surface area contributed by atoms with E-state index in [1.165, 1.54) is 0 Å². The molecular formula is C31H28BrClN2O8. The Kier molecular flexibility index (Phi) is 10.1. The molecule has 224 valence electrons. The summed E-state index contributed by atoms with van der Waals surface area (Å²) in [6.07, 6.45) is 0. The number of carbonyl (C=O) groups excluding carboxylic acids is 3. The molecule has 0 unspecified atom stereocenters. The first kappa shape index (κ1) is 31.6. The summed E-state index contributed by atoms with van der Waals surface area (Å²) in [5.41, 5.74) is 4.00. The molecule has 0 saturated heterocycles. The maximum absolute atomic E-state index is 13.1. The predicted molar refractivity (Wildman–Crippen MR) is 164 cm³/mol. The SMILES string of the molecule is CC(=O)Oc1c(OC(C)=O)c(O)n(CCOCc2cc(Br)ccc2Nc2ccc(C(=O)c3ccccc3C)c(Cl)c2)c1O. The fourth-order valence-electron chi connectivity index (χ4n) is 4.28. The Hall–Kier alpha value is -4.32. The third-order valence-corrected chi connectivity index (χ3v) is 7.09. The molecule has 3 aromatic carbocycles. The minimum absolute atomic E-state index is 0.0162. The lowest BCUT2D eigenvalue weighted by atomic mass is 9.99. The van der Waals surface area contributed by atoms with Gasteiger partial charge in [-0.3, -0.25) is 19.0 Å². The molecule has 0 radical (unpaired) electrons. The number of hydrogen-bond donors (Lipinski definition) is 3. The summed E-state index contributed by atoms with van der Waals surface area (Å²) < 4.78 is 17.5. The van der Waals surface area contributed by atoms with Crippen LogP contribution in [0.4, 0.5) is 11.4 Å². The van der Waals surface area contributed by atoms with Crippen molar-refractivity contribution in [2.75, 3.05) is 11.9 Å². The predicted octanol–water partition coefficient (Wildman–Crippen LogP) is 6.67. The van der Waals surface area contributed by atoms with Crippen LogP contribution in [0.5, 0.6) is 23.3 Å². The minimum Gasteiger partial charge on any atom is -0.492 e. The van der Waals surface area contributed by atoms with Crippen LogP contribution in [-0.2, 0) is 27.5 Å². The third-order valence-electron chi connectivity index (χ3n) is 6.28. The molecule has 0 spiro atoms. The van der Waals surface area contributed by atoms with Gasteiger partial charge in [0.25, 0.3) is 0 Å². The van der Waals surface area contributed by atoms with E-state index in [0.29, 0.717) is 21.8 Å². The van der Waals surface area contributed by atoms with Crippen molar-refractivity contribution in [1.29, 1.82) is 0 Å². The van der Waals surface area contributed by atoms with Gasteiger partial charge in [0.15, 0.2) is 5.78 Å². The van der Waals surface area contributed by atoms with Crippen molar-refractivity contribution >= 4 is 56.6 Å². The number of ether oxygens (including phenoxy) is 3. The van der Waals surface area contributed by atoms with Crippen molar-refractivity contribution in [2.45, 2.75) is 33.9 Å². The van der Waals surface area contributed by atoms with E-state index < -0.39 is 35.2 Å². The standard InChI is InChI=1S/C31H28BrClN2O8/c1-17-6-4-5-7-23(17)27(38)24-10-9-22(15-25(24)33)34-26-11-8-21(32)14-20(26)16-41-13-12-35-30(39)28(42-18(2)36)29(31(35)40)43-19(3)37/h4-11,14-15,34,39-40H,12-13,16H2,1-3H3. The molecule has 4 rings (SSSR count). The van der Waals surface area contributed by atoms with Gasteiger partial charge in [0.2, 0.25) is 23.3 Å². The van der Waals surface area contributed by atoms with Crippen molar-refractivity contribution < 1.29 is 38.8 Å². The zero-order chi connectivity index (χ0) is 31.3. The number of carbonyl (C=O) groups is 3. The molecule has 10 nitrogen and oxygen atoms in total. The number of benzene rings is 3. The molecule has 1 heterocycles. The van der Waals surface area contributed by atoms with Crippen LogP contribution in [0.1, 0.15) is 40.9 Å². The van der Waals surface area contributed by atoms with E-state index in [-0.39, 0.29) is 25.5 Å². The summed E-state index contributed by atoms with van der Waals surface area (Å²) in [5, 5.41) is 24.6. The molecule has 0 amide bonds. The highest BCUT2D eigenvalue weighted by molar-refractivity contribution is 9.10. The highest BCUT2D eigenvalue weighted by Gasteiger charge is 2.28. The van der Waals surface area contributed by atoms with Gasteiger partial charge in [-0.1, -0.05) is 51.8 Å². The number of aromatic nitrogens is 1. The molecule has 0 aliphatic carbocycles. The van der Waals surface area contributed by atoms with Gasteiger partial charge >= 0.3 is 11.9 Å². The number of aromatic hydroxyl groups is 2. The van der Waals surface area contributed by atoms with Crippen LogP contribution < -0.4 is 14.8 Å². The van der Waals surface area contributed by atoms with Gasteiger partial charge in [0.1, 0.15) is 0 Å². The second-order valence-corrected chi connectivity index (χ2v) is 10.8. The molecule has 0 fully saturated rings. The van der Waals surface area contributed by atoms with Crippen molar-refractivity contribution in [3.05, 3.63) is 92.4 Å². The van der Waals surface area contributed by atoms with Gasteiger partial charge in [-0.25, -0.2) is 0 Å². The molecule has 0 aliphatic rings. The van der Waals surface area contributed by atoms with Crippen LogP contribution >= 0.6 is 27.5 Å². The number of ketones is 1. The molecule has 0 saturated carbocycles. The number of anilines is 2. The summed E-state index contributed by atoms with van der Waals surface area (Å²) in [6.45, 7) is 4.17. The van der Waals surface area contributed by atoms with Gasteiger partial charge < -0.3 is 29.7 Å². The lowest BCUT2D eigenvalue weighted by Gasteiger charge is -2.15. The van der Waals surface area contributed by atoms with Gasteiger partial charge in [0.05, 0.1) is 24.8 Å². The van der Waals surface area contributed by atoms with Crippen LogP contribution in [0, 0.1) is 6.92 Å². The first-order chi connectivity index (χ1) is 20.5. The van der Waals surface area contributed by atoms with Crippen molar-refractivity contribution in [3.8, 4) is 23.3 Å². The fourth-order valence-corrected chi connectivity index (χ4v) is 4.95. The highest BCUT2D eigenvalue weighted by atomic mass is 79.9. The molecule has 1 aromatic heterocycles. The monoisotopic (exact) mass is 670 g/mol. The topological polar surface area (TPSA) is 136 Å². The van der Waals surface area contributed by atoms with Gasteiger partial charge in [-0.2, -0.15) is 0 Å². The van der Waals surface area contributed by atoms with Crippen LogP contribution in [-0.4, -0.2) is 39.1 Å². The minimum atomic E-state index is -0.777. The van der Waals surface area contributed by atoms with Crippen molar-refractivity contribution in [2.24, 2.45) is 0 Å². The maximum atomic E-state index is 13.1. The van der Waals surface area contributed by atoms with E-state index in [1.54, 1.807) is 24.3 Å². The smallest absolute Gasteiger partial charge is 0.308 e. The summed E-state index contributed by atoms with van der Waals surface area (Å²) in [7, 11) is 0. The van der Waals surface area contributed by atoms with E-state index in [9.17, 15) is 24.6 Å². The van der Waals surface area contributed by atoms with Gasteiger partial charge in [0, 0.05) is 46.4 Å². The maximum Gasteiger partial charge on any atom is 0.308 e. The Morgan fingerprint density at radius 3 is 2.16 bits per heavy atom. The number of hydrogen-bond acceptors (Lipinski definition) is 9. The number of halogens is 2. The number of nitrogens with one attached hydrogen (secondary N) is 1. The van der Waals surface area contributed by atoms with E-state index in [2.05, 4.69) is 21.2 Å². The first-order valence-corrected chi connectivity index (χ1v) is 14.2. The second-order valence-electron chi connectivity index (χ2n) is 9.46. The van der Waals surface area contributed by atoms with Crippen LogP contribution in [0.15, 0.2) is 65.1 Å². The average Bonchev–Trinajstić information content (AvgIpc) is 3.15. The zero-order valence-corrected chi connectivity index (χ0v) is 25.8. The van der Waals surface area contributed by atoms with E-state index >= 15 is 0 Å². The van der Waals surface area contributed by atoms with Crippen LogP contribution in [0.3, 0.4) is 0 Å². The summed E-state index contributed by atoms with van der Waals surface area (Å²) >= 11 is 9.99. The second kappa shape index (κ2) is 13.8. The molecule has 0 aliphatic heterocycles. The summed E-state index contributed by atoms with van der Waals surface area (Å²) in [4.78, 5) is 35.9. The Morgan fingerprint density at radius 1 is 0.907 bits per heavy atom. The zero-order valence-electron chi connectivity index (χ0n) is 23.4. The number of aryl methyl sites for hydroxylation is 1. The van der Waals surface area contributed by atoms with E-state index in [0.717, 1.165) is 39.7 Å². The molecule has 3 N–H and O–H groups in total. The Labute approximate surface area is 260 Å². The Morgan fingerprint density at radius 2 is 1.56 bits per heavy atom. The van der Waals surface area contributed by atoms with Crippen molar-refractivity contribution in [1.82, 2.24) is 4.57 Å². The first-order valence-electron chi connectivity index (χ1n) is 13.0. The normalized spacial score (nSPS) is 10.8. The average molecular weight is 672 g/mol. The molecule has 43 heavy (non-hydrogen) atoms. The largest absolute Gasteiger partial charge is 0.492 e. The van der Waals surface area contributed by atoms with Gasteiger partial charge in [-0.05, 0) is 48.9 Å². The summed E-state index contributed by atoms with van der Waals surface area (Å²) in [6, 6.07) is 18.0. The lowest BCUT2D eigenvalue weighted by molar-refractivity contribution is -0.134. The Balaban J connectivity index is 1.46. The third kappa shape index (κ3) is 7.56. The van der Waals surface area contributed by atoms with Crippen molar-refractivity contribution in [3.63, 3.8) is 0 Å². The van der Waals surface area contributed by atoms with E-state index in [4.69, 9.17) is 25.8 Å². The fraction of sp³-hybridized carbons (Fsp3) is 0.194. The molecule has 4 aromatic rings. The summed E-state index contributed by atoms with van der Waals surface area (Å²) in [5.74, 6) is -3.85. The number of rotatable bonds is 11. The lowest BCUT2D eigenvalue weighted by Crippen LogP contribution is -2.07. The quantitative estimate of drug-likeness (QED) is 0.0908. The van der Waals surface area contributed by atoms with Crippen LogP contribution in [0.2, 0.25) is 5.02 Å². The molecule has 0 atom stereocenters. The van der Waals surface area contributed by atoms with Crippen LogP contribution in [0.25, 0.3) is 0 Å². The number of nitrogens with zero attached hydrogens (tertiary/aromatic N) is 1. The molecule has 0 bridgehead atoms. The van der Waals surface area contributed by atoms with E-state index in [1.807, 2.05) is 43.3 Å². The highest BCUT2D eigenvalue weighted by Crippen LogP contribution is 2.47. The van der Waals surface area contributed by atoms with Gasteiger partial charge in [-0.15, -0.1) is 0 Å².